The molecule has 0 fully saturated rings. The molecule has 0 saturated carbocycles. The lowest BCUT2D eigenvalue weighted by Gasteiger charge is -2.35. The Morgan fingerprint density at radius 2 is 0.700 bits per heavy atom. The van der Waals surface area contributed by atoms with Gasteiger partial charge in [0.25, 0.3) is 0 Å². The quantitative estimate of drug-likeness (QED) is 0.232. The van der Waals surface area contributed by atoms with E-state index in [1.54, 1.807) is 0 Å². The van der Waals surface area contributed by atoms with Crippen LogP contribution in [0, 0.1) is 0 Å². The highest BCUT2D eigenvalue weighted by Gasteiger charge is 2.31. The summed E-state index contributed by atoms with van der Waals surface area (Å²) in [7, 11) is 0. The molecule has 190 valence electrons. The first-order valence-electron chi connectivity index (χ1n) is 13.1. The van der Waals surface area contributed by atoms with Crippen LogP contribution >= 0.6 is 0 Å². The largest absolute Gasteiger partial charge is 0.453 e. The zero-order valence-electron chi connectivity index (χ0n) is 21.3. The van der Waals surface area contributed by atoms with Crippen molar-refractivity contribution in [1.82, 2.24) is 9.97 Å². The van der Waals surface area contributed by atoms with Crippen molar-refractivity contribution in [2.75, 3.05) is 9.80 Å². The van der Waals surface area contributed by atoms with Gasteiger partial charge in [0.05, 0.1) is 46.5 Å². The fourth-order valence-corrected chi connectivity index (χ4v) is 5.51. The molecule has 40 heavy (non-hydrogen) atoms. The Morgan fingerprint density at radius 1 is 0.375 bits per heavy atom. The third-order valence-electron chi connectivity index (χ3n) is 7.24. The second-order valence-corrected chi connectivity index (χ2v) is 9.53. The smallest absolute Gasteiger partial charge is 0.151 e. The first-order valence-corrected chi connectivity index (χ1v) is 13.1. The van der Waals surface area contributed by atoms with Gasteiger partial charge in [0.2, 0.25) is 0 Å². The summed E-state index contributed by atoms with van der Waals surface area (Å²) < 4.78 is 12.6. The first kappa shape index (κ1) is 22.4. The molecular weight excluding hydrogens is 496 g/mol. The van der Waals surface area contributed by atoms with Crippen LogP contribution < -0.4 is 19.3 Å². The summed E-state index contributed by atoms with van der Waals surface area (Å²) in [5.74, 6) is 3.17. The Labute approximate surface area is 231 Å². The number of aromatic nitrogens is 2. The van der Waals surface area contributed by atoms with Crippen molar-refractivity contribution in [1.29, 1.82) is 0 Å². The van der Waals surface area contributed by atoms with E-state index in [9.17, 15) is 0 Å². The molecule has 6 aromatic rings. The van der Waals surface area contributed by atoms with Crippen LogP contribution in [0.1, 0.15) is 0 Å². The molecule has 6 heteroatoms. The number of para-hydroxylation sites is 8. The van der Waals surface area contributed by atoms with Gasteiger partial charge in [-0.15, -0.1) is 0 Å². The fraction of sp³-hybridized carbons (Fsp3) is 0. The van der Waals surface area contributed by atoms with Gasteiger partial charge in [0, 0.05) is 23.5 Å². The van der Waals surface area contributed by atoms with E-state index in [-0.39, 0.29) is 0 Å². The van der Waals surface area contributed by atoms with Gasteiger partial charge in [-0.25, -0.2) is 0 Å². The molecule has 0 atom stereocenters. The van der Waals surface area contributed by atoms with Crippen molar-refractivity contribution in [3.63, 3.8) is 0 Å². The zero-order chi connectivity index (χ0) is 26.5. The molecule has 8 rings (SSSR count). The molecule has 0 amide bonds. The maximum atomic E-state index is 6.28. The molecule has 0 spiro atoms. The maximum Gasteiger partial charge on any atom is 0.151 e. The normalized spacial score (nSPS) is 12.8. The Bertz CT molecular complexity index is 1670. The Balaban J connectivity index is 1.37. The fourth-order valence-electron chi connectivity index (χ4n) is 5.51. The molecule has 0 N–H and O–H groups in total. The maximum absolute atomic E-state index is 6.28. The van der Waals surface area contributed by atoms with Crippen LogP contribution in [-0.2, 0) is 0 Å². The number of rotatable bonds is 3. The Kier molecular flexibility index (Phi) is 5.03. The van der Waals surface area contributed by atoms with Crippen LogP contribution in [0.15, 0.2) is 134 Å². The Hall–Kier alpha value is -5.62. The van der Waals surface area contributed by atoms with Crippen molar-refractivity contribution in [3.05, 3.63) is 134 Å². The molecule has 2 aromatic heterocycles. The summed E-state index contributed by atoms with van der Waals surface area (Å²) in [6.45, 7) is 0. The molecule has 6 nitrogen and oxygen atoms in total. The highest BCUT2D eigenvalue weighted by atomic mass is 16.5. The summed E-state index contributed by atoms with van der Waals surface area (Å²) in [5, 5.41) is 0. The standard InChI is InChI=1S/C34H22N4O2/c1-5-13-31-25(9-1)37(26-10-2-6-14-32(26)39-31)29-21-35-19-17-23(29)24-18-20-36-22-30(24)38-27-11-3-7-15-33(27)40-34-16-8-4-12-28(34)38/h1-22H. The van der Waals surface area contributed by atoms with Gasteiger partial charge in [-0.1, -0.05) is 48.5 Å². The lowest BCUT2D eigenvalue weighted by molar-refractivity contribution is 0.476. The minimum Gasteiger partial charge on any atom is -0.453 e. The molecule has 2 aliphatic rings. The average Bonchev–Trinajstić information content (AvgIpc) is 3.02. The molecule has 2 aliphatic heterocycles. The molecule has 0 bridgehead atoms. The summed E-state index contributed by atoms with van der Waals surface area (Å²) in [6, 6.07) is 36.5. The summed E-state index contributed by atoms with van der Waals surface area (Å²) in [6.07, 6.45) is 7.50. The molecule has 4 aromatic carbocycles. The summed E-state index contributed by atoms with van der Waals surface area (Å²) >= 11 is 0. The lowest BCUT2D eigenvalue weighted by atomic mass is 10.0. The van der Waals surface area contributed by atoms with E-state index in [2.05, 4.69) is 56.2 Å². The van der Waals surface area contributed by atoms with E-state index < -0.39 is 0 Å². The number of fused-ring (bicyclic) bond motifs is 4. The SMILES string of the molecule is c1ccc2c(c1)Oc1ccccc1N2c1cnccc1-c1ccncc1N1c2ccccc2Oc2ccccc21. The van der Waals surface area contributed by atoms with Gasteiger partial charge in [-0.3, -0.25) is 9.97 Å². The van der Waals surface area contributed by atoms with Gasteiger partial charge in [0.1, 0.15) is 0 Å². The van der Waals surface area contributed by atoms with Crippen molar-refractivity contribution in [2.24, 2.45) is 0 Å². The lowest BCUT2D eigenvalue weighted by Crippen LogP contribution is -2.18. The zero-order valence-corrected chi connectivity index (χ0v) is 21.3. The molecule has 0 saturated heterocycles. The van der Waals surface area contributed by atoms with Gasteiger partial charge in [-0.2, -0.15) is 0 Å². The van der Waals surface area contributed by atoms with Crippen molar-refractivity contribution >= 4 is 34.1 Å². The highest BCUT2D eigenvalue weighted by Crippen LogP contribution is 2.55. The molecule has 0 radical (unpaired) electrons. The molecule has 4 heterocycles. The van der Waals surface area contributed by atoms with E-state index in [0.29, 0.717) is 0 Å². The third kappa shape index (κ3) is 3.43. The minimum absolute atomic E-state index is 0.794. The molecular formula is C34H22N4O2. The topological polar surface area (TPSA) is 50.7 Å². The predicted molar refractivity (Wildman–Crippen MR) is 157 cm³/mol. The second-order valence-electron chi connectivity index (χ2n) is 9.53. The molecule has 0 unspecified atom stereocenters. The number of ether oxygens (including phenoxy) is 2. The molecule has 0 aliphatic carbocycles. The van der Waals surface area contributed by atoms with Crippen LogP contribution in [0.3, 0.4) is 0 Å². The van der Waals surface area contributed by atoms with Crippen molar-refractivity contribution < 1.29 is 9.47 Å². The first-order chi connectivity index (χ1) is 19.9. The monoisotopic (exact) mass is 518 g/mol. The van der Waals surface area contributed by atoms with Crippen LogP contribution in [-0.4, -0.2) is 9.97 Å². The number of nitrogens with zero attached hydrogens (tertiary/aromatic N) is 4. The van der Waals surface area contributed by atoms with Crippen LogP contribution in [0.25, 0.3) is 11.1 Å². The number of hydrogen-bond donors (Lipinski definition) is 0. The number of benzene rings is 4. The predicted octanol–water partition coefficient (Wildman–Crippen LogP) is 9.29. The Morgan fingerprint density at radius 3 is 1.05 bits per heavy atom. The van der Waals surface area contributed by atoms with E-state index in [0.717, 1.165) is 68.2 Å². The van der Waals surface area contributed by atoms with Crippen LogP contribution in [0.2, 0.25) is 0 Å². The summed E-state index contributed by atoms with van der Waals surface area (Å²) in [4.78, 5) is 13.6. The number of pyridine rings is 2. The second kappa shape index (κ2) is 8.99. The number of anilines is 6. The average molecular weight is 519 g/mol. The van der Waals surface area contributed by atoms with Gasteiger partial charge < -0.3 is 19.3 Å². The van der Waals surface area contributed by atoms with E-state index in [1.165, 1.54) is 0 Å². The van der Waals surface area contributed by atoms with E-state index >= 15 is 0 Å². The van der Waals surface area contributed by atoms with E-state index in [4.69, 9.17) is 9.47 Å². The highest BCUT2D eigenvalue weighted by molar-refractivity contribution is 5.98. The van der Waals surface area contributed by atoms with Gasteiger partial charge in [0.15, 0.2) is 23.0 Å². The van der Waals surface area contributed by atoms with Crippen LogP contribution in [0.4, 0.5) is 34.1 Å². The summed E-state index contributed by atoms with van der Waals surface area (Å²) in [5.41, 5.74) is 7.71. The van der Waals surface area contributed by atoms with Crippen molar-refractivity contribution in [3.8, 4) is 34.1 Å². The third-order valence-corrected chi connectivity index (χ3v) is 7.24. The minimum atomic E-state index is 0.794. The van der Waals surface area contributed by atoms with E-state index in [1.807, 2.05) is 97.6 Å². The number of hydrogen-bond acceptors (Lipinski definition) is 6. The van der Waals surface area contributed by atoms with Gasteiger partial charge >= 0.3 is 0 Å². The van der Waals surface area contributed by atoms with Crippen LogP contribution in [0.5, 0.6) is 23.0 Å². The van der Waals surface area contributed by atoms with Crippen molar-refractivity contribution in [2.45, 2.75) is 0 Å². The van der Waals surface area contributed by atoms with Gasteiger partial charge in [-0.05, 0) is 60.7 Å².